The number of nitrogen functional groups attached to an aromatic ring is 1. The molecule has 0 spiro atoms. The molecule has 1 aromatic heterocycles. The van der Waals surface area contributed by atoms with Gasteiger partial charge < -0.3 is 5.32 Å². The van der Waals surface area contributed by atoms with Crippen molar-refractivity contribution in [3.8, 4) is 0 Å². The van der Waals surface area contributed by atoms with Gasteiger partial charge in [0.15, 0.2) is 0 Å². The van der Waals surface area contributed by atoms with Crippen LogP contribution in [0.5, 0.6) is 0 Å². The van der Waals surface area contributed by atoms with Crippen molar-refractivity contribution in [1.82, 2.24) is 9.97 Å². The highest BCUT2D eigenvalue weighted by Gasteiger charge is 2.17. The summed E-state index contributed by atoms with van der Waals surface area (Å²) in [6, 6.07) is 0. The predicted octanol–water partition coefficient (Wildman–Crippen LogP) is 0.834. The number of nitrogens with two attached hydrogens (primary N) is 1. The Kier molecular flexibility index (Phi) is 4.91. The topological polar surface area (TPSA) is 119 Å². The number of nitro groups is 1. The molecule has 0 fully saturated rings. The largest absolute Gasteiger partial charge is 0.363 e. The number of nitrogens with one attached hydrogen (secondary N) is 2. The summed E-state index contributed by atoms with van der Waals surface area (Å²) in [5.41, 5.74) is 2.08. The maximum atomic E-state index is 10.8. The van der Waals surface area contributed by atoms with E-state index in [0.29, 0.717) is 11.8 Å². The van der Waals surface area contributed by atoms with E-state index < -0.39 is 4.92 Å². The van der Waals surface area contributed by atoms with E-state index in [-0.39, 0.29) is 17.5 Å². The van der Waals surface area contributed by atoms with Gasteiger partial charge in [0.25, 0.3) is 0 Å². The Balaban J connectivity index is 2.89. The van der Waals surface area contributed by atoms with Crippen LogP contribution in [0.25, 0.3) is 0 Å². The molecule has 8 nitrogen and oxygen atoms in total. The minimum absolute atomic E-state index is 0.134. The molecule has 1 heterocycles. The Bertz CT molecular complexity index is 402. The second-order valence-electron chi connectivity index (χ2n) is 3.26. The van der Waals surface area contributed by atoms with E-state index in [1.54, 1.807) is 11.8 Å². The fourth-order valence-electron chi connectivity index (χ4n) is 1.03. The SMILES string of the molecule is CSC(C)CNc1nc(NN)ncc1[N+](=O)[O-]. The van der Waals surface area contributed by atoms with Crippen molar-refractivity contribution in [1.29, 1.82) is 0 Å². The molecule has 0 saturated carbocycles. The van der Waals surface area contributed by atoms with Crippen molar-refractivity contribution in [2.45, 2.75) is 12.2 Å². The van der Waals surface area contributed by atoms with Gasteiger partial charge >= 0.3 is 5.69 Å². The Morgan fingerprint density at radius 2 is 2.41 bits per heavy atom. The summed E-state index contributed by atoms with van der Waals surface area (Å²) in [5.74, 6) is 5.45. The molecule has 0 saturated heterocycles. The predicted molar refractivity (Wildman–Crippen MR) is 68.0 cm³/mol. The van der Waals surface area contributed by atoms with E-state index in [4.69, 9.17) is 5.84 Å². The van der Waals surface area contributed by atoms with Crippen molar-refractivity contribution < 1.29 is 4.92 Å². The fraction of sp³-hybridized carbons (Fsp3) is 0.500. The molecular weight excluding hydrogens is 244 g/mol. The van der Waals surface area contributed by atoms with Crippen LogP contribution in [0, 0.1) is 10.1 Å². The number of anilines is 2. The highest BCUT2D eigenvalue weighted by molar-refractivity contribution is 7.99. The van der Waals surface area contributed by atoms with Crippen molar-refractivity contribution >= 4 is 29.2 Å². The van der Waals surface area contributed by atoms with E-state index in [0.717, 1.165) is 6.20 Å². The lowest BCUT2D eigenvalue weighted by molar-refractivity contribution is -0.384. The number of nitrogens with zero attached hydrogens (tertiary/aromatic N) is 3. The Hall–Kier alpha value is -1.61. The van der Waals surface area contributed by atoms with E-state index in [9.17, 15) is 10.1 Å². The zero-order valence-electron chi connectivity index (χ0n) is 9.51. The third-order valence-electron chi connectivity index (χ3n) is 2.05. The van der Waals surface area contributed by atoms with E-state index in [1.165, 1.54) is 0 Å². The normalized spacial score (nSPS) is 11.9. The zero-order chi connectivity index (χ0) is 12.8. The highest BCUT2D eigenvalue weighted by atomic mass is 32.2. The van der Waals surface area contributed by atoms with Crippen LogP contribution >= 0.6 is 11.8 Å². The molecule has 17 heavy (non-hydrogen) atoms. The molecule has 1 unspecified atom stereocenters. The van der Waals surface area contributed by atoms with Crippen molar-refractivity contribution in [3.63, 3.8) is 0 Å². The second kappa shape index (κ2) is 6.21. The first kappa shape index (κ1) is 13.5. The van der Waals surface area contributed by atoms with Crippen molar-refractivity contribution in [2.75, 3.05) is 23.5 Å². The molecule has 0 aliphatic carbocycles. The number of aromatic nitrogens is 2. The number of hydrazine groups is 1. The van der Waals surface area contributed by atoms with Crippen LogP contribution in [-0.4, -0.2) is 32.9 Å². The van der Waals surface area contributed by atoms with Gasteiger partial charge in [0.2, 0.25) is 11.8 Å². The number of thioether (sulfide) groups is 1. The Labute approximate surface area is 103 Å². The lowest BCUT2D eigenvalue weighted by Gasteiger charge is -2.10. The molecular formula is C8H14N6O2S. The third-order valence-corrected chi connectivity index (χ3v) is 3.03. The van der Waals surface area contributed by atoms with Gasteiger partial charge in [-0.05, 0) is 6.26 Å². The monoisotopic (exact) mass is 258 g/mol. The molecule has 0 amide bonds. The summed E-state index contributed by atoms with van der Waals surface area (Å²) in [7, 11) is 0. The number of rotatable bonds is 6. The van der Waals surface area contributed by atoms with Crippen LogP contribution in [0.15, 0.2) is 6.20 Å². The third kappa shape index (κ3) is 3.71. The molecule has 0 radical (unpaired) electrons. The molecule has 1 atom stereocenters. The molecule has 4 N–H and O–H groups in total. The van der Waals surface area contributed by atoms with Crippen LogP contribution in [0.3, 0.4) is 0 Å². The molecule has 9 heteroatoms. The Morgan fingerprint density at radius 3 is 2.94 bits per heavy atom. The van der Waals surface area contributed by atoms with Crippen molar-refractivity contribution in [2.24, 2.45) is 5.84 Å². The van der Waals surface area contributed by atoms with Gasteiger partial charge in [0, 0.05) is 11.8 Å². The molecule has 0 aliphatic heterocycles. The van der Waals surface area contributed by atoms with Gasteiger partial charge in [-0.1, -0.05) is 6.92 Å². The highest BCUT2D eigenvalue weighted by Crippen LogP contribution is 2.22. The van der Waals surface area contributed by atoms with Crippen LogP contribution in [0.2, 0.25) is 0 Å². The lowest BCUT2D eigenvalue weighted by atomic mass is 10.4. The van der Waals surface area contributed by atoms with Crippen LogP contribution in [0.1, 0.15) is 6.92 Å². The number of hydrogen-bond donors (Lipinski definition) is 3. The minimum Gasteiger partial charge on any atom is -0.363 e. The zero-order valence-corrected chi connectivity index (χ0v) is 10.3. The summed E-state index contributed by atoms with van der Waals surface area (Å²) < 4.78 is 0. The van der Waals surface area contributed by atoms with Crippen LogP contribution in [-0.2, 0) is 0 Å². The van der Waals surface area contributed by atoms with Gasteiger partial charge in [0.05, 0.1) is 4.92 Å². The van der Waals surface area contributed by atoms with Gasteiger partial charge in [0.1, 0.15) is 6.20 Å². The quantitative estimate of drug-likeness (QED) is 0.390. The van der Waals surface area contributed by atoms with Gasteiger partial charge in [-0.3, -0.25) is 15.5 Å². The van der Waals surface area contributed by atoms with Gasteiger partial charge in [-0.15, -0.1) is 0 Å². The summed E-state index contributed by atoms with van der Waals surface area (Å²) >= 11 is 1.65. The first-order valence-electron chi connectivity index (χ1n) is 4.83. The molecule has 0 bridgehead atoms. The van der Waals surface area contributed by atoms with Crippen LogP contribution < -0.4 is 16.6 Å². The van der Waals surface area contributed by atoms with Gasteiger partial charge in [-0.2, -0.15) is 16.7 Å². The summed E-state index contributed by atoms with van der Waals surface area (Å²) in [4.78, 5) is 17.8. The summed E-state index contributed by atoms with van der Waals surface area (Å²) in [5, 5.41) is 14.0. The first-order valence-corrected chi connectivity index (χ1v) is 6.12. The summed E-state index contributed by atoms with van der Waals surface area (Å²) in [6.07, 6.45) is 3.09. The molecule has 1 rings (SSSR count). The standard InChI is InChI=1S/C8H14N6O2S/c1-5(17-2)3-10-7-6(14(15)16)4-11-8(12-7)13-9/h4-5H,3,9H2,1-2H3,(H2,10,11,12,13). The maximum Gasteiger partial charge on any atom is 0.329 e. The summed E-state index contributed by atoms with van der Waals surface area (Å²) in [6.45, 7) is 2.58. The molecule has 0 aliphatic rings. The van der Waals surface area contributed by atoms with Crippen molar-refractivity contribution in [3.05, 3.63) is 16.3 Å². The number of hydrogen-bond acceptors (Lipinski definition) is 8. The smallest absolute Gasteiger partial charge is 0.329 e. The fourth-order valence-corrected chi connectivity index (χ4v) is 1.28. The van der Waals surface area contributed by atoms with E-state index in [1.807, 2.05) is 13.2 Å². The van der Waals surface area contributed by atoms with Gasteiger partial charge in [-0.25, -0.2) is 10.8 Å². The average Bonchev–Trinajstić information content (AvgIpc) is 2.35. The molecule has 1 aromatic rings. The van der Waals surface area contributed by atoms with E-state index >= 15 is 0 Å². The van der Waals surface area contributed by atoms with E-state index in [2.05, 4.69) is 20.7 Å². The average molecular weight is 258 g/mol. The second-order valence-corrected chi connectivity index (χ2v) is 4.53. The Morgan fingerprint density at radius 1 is 1.71 bits per heavy atom. The van der Waals surface area contributed by atoms with Crippen LogP contribution in [0.4, 0.5) is 17.5 Å². The first-order chi connectivity index (χ1) is 8.08. The lowest BCUT2D eigenvalue weighted by Crippen LogP contribution is -2.17. The maximum absolute atomic E-state index is 10.8. The molecule has 0 aromatic carbocycles. The minimum atomic E-state index is -0.535. The molecule has 94 valence electrons.